The Kier molecular flexibility index (Phi) is 14.8. The van der Waals surface area contributed by atoms with Crippen molar-refractivity contribution in [2.75, 3.05) is 6.67 Å². The van der Waals surface area contributed by atoms with Crippen molar-refractivity contribution in [2.24, 2.45) is 11.7 Å². The second-order valence-electron chi connectivity index (χ2n) is 8.26. The lowest BCUT2D eigenvalue weighted by atomic mass is 10.0. The van der Waals surface area contributed by atoms with E-state index in [-0.39, 0.29) is 24.4 Å². The van der Waals surface area contributed by atoms with Crippen LogP contribution in [0.3, 0.4) is 0 Å². The van der Waals surface area contributed by atoms with E-state index in [2.05, 4.69) is 16.0 Å². The standard InChI is InChI=1S/C21H30N4O8.C2H3FO/c1-10(2)17(25-19(30)14(22)8-12-4-6-13(26)7-5-12)20(31)23-11(3)18(29)24-15(21(32)33)9-16(27)28;3-1-2-4/h4-7,10-11,14-15,17,26H,8-9,22H2,1-3H3,(H,23,31)(H,24,29)(H,25,30)(H,27,28)(H,32,33);2H,1H2. The first-order valence-corrected chi connectivity index (χ1v) is 11.1. The Morgan fingerprint density at radius 3 is 1.92 bits per heavy atom. The molecule has 0 heterocycles. The van der Waals surface area contributed by atoms with Crippen molar-refractivity contribution < 1.29 is 48.5 Å². The van der Waals surface area contributed by atoms with Crippen molar-refractivity contribution in [3.8, 4) is 5.75 Å². The number of aromatic hydroxyl groups is 1. The van der Waals surface area contributed by atoms with Crippen LogP contribution in [0.4, 0.5) is 4.39 Å². The summed E-state index contributed by atoms with van der Waals surface area (Å²) in [6.45, 7) is 3.78. The molecule has 8 N–H and O–H groups in total. The molecule has 0 saturated heterocycles. The highest BCUT2D eigenvalue weighted by atomic mass is 19.1. The van der Waals surface area contributed by atoms with E-state index in [0.717, 1.165) is 0 Å². The molecule has 0 fully saturated rings. The fraction of sp³-hybridized carbons (Fsp3) is 0.478. The Labute approximate surface area is 212 Å². The number of nitrogens with one attached hydrogen (secondary N) is 3. The molecule has 14 heteroatoms. The average molecular weight is 529 g/mol. The maximum atomic E-state index is 12.7. The minimum Gasteiger partial charge on any atom is -0.508 e. The fourth-order valence-corrected chi connectivity index (χ4v) is 2.81. The van der Waals surface area contributed by atoms with Gasteiger partial charge in [-0.15, -0.1) is 0 Å². The largest absolute Gasteiger partial charge is 0.508 e. The van der Waals surface area contributed by atoms with Gasteiger partial charge in [-0.1, -0.05) is 26.0 Å². The van der Waals surface area contributed by atoms with Gasteiger partial charge in [0.2, 0.25) is 17.7 Å². The smallest absolute Gasteiger partial charge is 0.326 e. The molecule has 4 unspecified atom stereocenters. The number of carbonyl (C=O) groups excluding carboxylic acids is 4. The van der Waals surface area contributed by atoms with E-state index in [1.54, 1.807) is 26.0 Å². The zero-order valence-electron chi connectivity index (χ0n) is 20.6. The maximum absolute atomic E-state index is 12.7. The normalized spacial score (nSPS) is 13.6. The number of benzene rings is 1. The third-order valence-corrected chi connectivity index (χ3v) is 4.78. The highest BCUT2D eigenvalue weighted by molar-refractivity contribution is 5.94. The number of aldehydes is 1. The number of phenols is 1. The number of alkyl halides is 1. The summed E-state index contributed by atoms with van der Waals surface area (Å²) in [7, 11) is 0. The molecule has 1 rings (SSSR count). The number of carboxylic acid groups (broad SMARTS) is 2. The number of nitrogens with two attached hydrogens (primary N) is 1. The van der Waals surface area contributed by atoms with Crippen molar-refractivity contribution >= 4 is 35.9 Å². The number of phenolic OH excluding ortho intramolecular Hbond substituents is 1. The van der Waals surface area contributed by atoms with Gasteiger partial charge in [0, 0.05) is 0 Å². The average Bonchev–Trinajstić information content (AvgIpc) is 2.82. The number of carboxylic acids is 2. The number of rotatable bonds is 13. The number of amides is 3. The zero-order valence-corrected chi connectivity index (χ0v) is 20.6. The Bertz CT molecular complexity index is 941. The molecule has 0 saturated carbocycles. The van der Waals surface area contributed by atoms with Crippen molar-refractivity contribution in [2.45, 2.75) is 57.8 Å². The molecule has 206 valence electrons. The molecule has 13 nitrogen and oxygen atoms in total. The summed E-state index contributed by atoms with van der Waals surface area (Å²) in [4.78, 5) is 68.1. The van der Waals surface area contributed by atoms with E-state index in [1.807, 2.05) is 0 Å². The van der Waals surface area contributed by atoms with Crippen LogP contribution in [-0.2, 0) is 35.2 Å². The van der Waals surface area contributed by atoms with Crippen LogP contribution >= 0.6 is 0 Å². The Hall–Kier alpha value is -4.07. The van der Waals surface area contributed by atoms with Gasteiger partial charge < -0.3 is 41.8 Å². The van der Waals surface area contributed by atoms with Crippen molar-refractivity contribution in [1.82, 2.24) is 16.0 Å². The molecule has 1 aromatic rings. The third-order valence-electron chi connectivity index (χ3n) is 4.78. The highest BCUT2D eigenvalue weighted by Crippen LogP contribution is 2.11. The van der Waals surface area contributed by atoms with Crippen molar-refractivity contribution in [3.05, 3.63) is 29.8 Å². The van der Waals surface area contributed by atoms with Crippen LogP contribution < -0.4 is 21.7 Å². The monoisotopic (exact) mass is 528 g/mol. The molecule has 0 bridgehead atoms. The molecular formula is C23H33FN4O9. The van der Waals surface area contributed by atoms with E-state index in [0.29, 0.717) is 5.56 Å². The molecule has 0 aliphatic heterocycles. The highest BCUT2D eigenvalue weighted by Gasteiger charge is 2.30. The number of hydrogen-bond donors (Lipinski definition) is 7. The van der Waals surface area contributed by atoms with E-state index < -0.39 is 66.9 Å². The van der Waals surface area contributed by atoms with Gasteiger partial charge >= 0.3 is 11.9 Å². The second-order valence-corrected chi connectivity index (χ2v) is 8.26. The first-order chi connectivity index (χ1) is 17.2. The lowest BCUT2D eigenvalue weighted by Gasteiger charge is -2.25. The number of halogens is 1. The van der Waals surface area contributed by atoms with Crippen LogP contribution in [0.15, 0.2) is 24.3 Å². The van der Waals surface area contributed by atoms with Gasteiger partial charge in [-0.05, 0) is 37.0 Å². The zero-order chi connectivity index (χ0) is 28.7. The first kappa shape index (κ1) is 32.9. The molecule has 0 aromatic heterocycles. The molecule has 0 spiro atoms. The minimum atomic E-state index is -1.66. The quantitative estimate of drug-likeness (QED) is 0.156. The lowest BCUT2D eigenvalue weighted by Crippen LogP contribution is -2.58. The van der Waals surface area contributed by atoms with Crippen LogP contribution in [0.2, 0.25) is 0 Å². The number of hydrogen-bond acceptors (Lipinski definition) is 8. The van der Waals surface area contributed by atoms with E-state index in [4.69, 9.17) is 20.7 Å². The maximum Gasteiger partial charge on any atom is 0.326 e. The van der Waals surface area contributed by atoms with Gasteiger partial charge in [0.15, 0.2) is 6.29 Å². The Morgan fingerprint density at radius 1 is 0.946 bits per heavy atom. The second kappa shape index (κ2) is 16.6. The predicted molar refractivity (Wildman–Crippen MR) is 128 cm³/mol. The van der Waals surface area contributed by atoms with Gasteiger partial charge in [-0.2, -0.15) is 0 Å². The van der Waals surface area contributed by atoms with Gasteiger partial charge in [-0.25, -0.2) is 9.18 Å². The van der Waals surface area contributed by atoms with Crippen LogP contribution in [0.25, 0.3) is 0 Å². The van der Waals surface area contributed by atoms with Gasteiger partial charge in [0.1, 0.15) is 30.5 Å². The van der Waals surface area contributed by atoms with Crippen LogP contribution in [0.1, 0.15) is 32.8 Å². The number of carbonyl (C=O) groups is 6. The molecule has 0 aliphatic carbocycles. The molecule has 37 heavy (non-hydrogen) atoms. The molecule has 4 atom stereocenters. The number of aliphatic carboxylic acids is 2. The summed E-state index contributed by atoms with van der Waals surface area (Å²) in [5.74, 6) is -5.42. The fourth-order valence-electron chi connectivity index (χ4n) is 2.81. The minimum absolute atomic E-state index is 0.0732. The SMILES string of the molecule is CC(NC(=O)C(NC(=O)C(N)Cc1ccc(O)cc1)C(C)C)C(=O)NC(CC(=O)O)C(=O)O.O=CCF. The van der Waals surface area contributed by atoms with Crippen molar-refractivity contribution in [1.29, 1.82) is 0 Å². The van der Waals surface area contributed by atoms with Gasteiger partial charge in [0.25, 0.3) is 0 Å². The summed E-state index contributed by atoms with van der Waals surface area (Å²) >= 11 is 0. The summed E-state index contributed by atoms with van der Waals surface area (Å²) in [5, 5.41) is 34.1. The van der Waals surface area contributed by atoms with E-state index in [1.165, 1.54) is 19.1 Å². The van der Waals surface area contributed by atoms with Gasteiger partial charge in [-0.3, -0.25) is 19.2 Å². The molecule has 0 radical (unpaired) electrons. The molecule has 1 aromatic carbocycles. The summed E-state index contributed by atoms with van der Waals surface area (Å²) in [6, 6.07) is 1.29. The molecular weight excluding hydrogens is 495 g/mol. The van der Waals surface area contributed by atoms with Crippen molar-refractivity contribution in [3.63, 3.8) is 0 Å². The summed E-state index contributed by atoms with van der Waals surface area (Å²) in [5.41, 5.74) is 6.64. The predicted octanol–water partition coefficient (Wildman–Crippen LogP) is -0.894. The summed E-state index contributed by atoms with van der Waals surface area (Å²) in [6.07, 6.45) is -0.456. The Balaban J connectivity index is 0.00000300. The summed E-state index contributed by atoms with van der Waals surface area (Å²) < 4.78 is 10.4. The topological polar surface area (TPSA) is 225 Å². The van der Waals surface area contributed by atoms with Crippen LogP contribution in [0.5, 0.6) is 5.75 Å². The molecule has 0 aliphatic rings. The Morgan fingerprint density at radius 2 is 1.49 bits per heavy atom. The van der Waals surface area contributed by atoms with E-state index >= 15 is 0 Å². The first-order valence-electron chi connectivity index (χ1n) is 11.1. The van der Waals surface area contributed by atoms with Gasteiger partial charge in [0.05, 0.1) is 12.5 Å². The third kappa shape index (κ3) is 13.0. The van der Waals surface area contributed by atoms with Crippen LogP contribution in [0, 0.1) is 5.92 Å². The molecule has 3 amide bonds. The van der Waals surface area contributed by atoms with E-state index in [9.17, 15) is 33.5 Å². The lowest BCUT2D eigenvalue weighted by molar-refractivity contribution is -0.147. The van der Waals surface area contributed by atoms with Crippen LogP contribution in [-0.4, -0.2) is 82.1 Å².